The number of amides is 1. The van der Waals surface area contributed by atoms with Crippen molar-refractivity contribution in [2.24, 2.45) is 0 Å². The minimum absolute atomic E-state index is 0.320. The van der Waals surface area contributed by atoms with E-state index in [1.807, 2.05) is 24.3 Å². The van der Waals surface area contributed by atoms with E-state index in [1.54, 1.807) is 41.9 Å². The number of fused-ring (bicyclic) bond motifs is 1. The van der Waals surface area contributed by atoms with Crippen LogP contribution in [-0.2, 0) is 9.47 Å². The average molecular weight is 510 g/mol. The van der Waals surface area contributed by atoms with Gasteiger partial charge in [0.05, 0.1) is 28.4 Å². The summed E-state index contributed by atoms with van der Waals surface area (Å²) in [6.07, 6.45) is -1.57. The van der Waals surface area contributed by atoms with Crippen LogP contribution in [0.5, 0.6) is 0 Å². The Hall–Kier alpha value is -3.30. The van der Waals surface area contributed by atoms with E-state index in [9.17, 15) is 14.3 Å². The predicted octanol–water partition coefficient (Wildman–Crippen LogP) is 4.73. The Bertz CT molecular complexity index is 1410. The molecule has 1 amide bonds. The lowest BCUT2D eigenvalue weighted by Gasteiger charge is -2.37. The number of hydrogen-bond donors (Lipinski definition) is 2. The predicted molar refractivity (Wildman–Crippen MR) is 135 cm³/mol. The number of aromatic nitrogens is 2. The lowest BCUT2D eigenvalue weighted by Crippen LogP contribution is -2.55. The number of rotatable bonds is 5. The fraction of sp³-hybridized carbons (Fsp3) is 0.259. The number of aliphatic hydroxyl groups is 1. The summed E-state index contributed by atoms with van der Waals surface area (Å²) in [5.74, 6) is -0.712. The van der Waals surface area contributed by atoms with Gasteiger partial charge in [-0.3, -0.25) is 4.79 Å². The van der Waals surface area contributed by atoms with Crippen molar-refractivity contribution >= 4 is 28.4 Å². The Kier molecular flexibility index (Phi) is 6.77. The van der Waals surface area contributed by atoms with Gasteiger partial charge in [0, 0.05) is 30.0 Å². The highest BCUT2D eigenvalue weighted by Gasteiger charge is 2.36. The van der Waals surface area contributed by atoms with E-state index >= 15 is 0 Å². The van der Waals surface area contributed by atoms with Crippen LogP contribution in [0.1, 0.15) is 23.7 Å². The highest BCUT2D eigenvalue weighted by molar-refractivity contribution is 6.33. The number of ether oxygens (including phenoxy) is 2. The Labute approximate surface area is 212 Å². The van der Waals surface area contributed by atoms with Crippen LogP contribution in [0.15, 0.2) is 66.7 Å². The maximum atomic E-state index is 13.6. The monoisotopic (exact) mass is 509 g/mol. The number of aliphatic hydroxyl groups excluding tert-OH is 1. The fourth-order valence-electron chi connectivity index (χ4n) is 4.48. The third-order valence-corrected chi connectivity index (χ3v) is 6.76. The molecule has 36 heavy (non-hydrogen) atoms. The Morgan fingerprint density at radius 1 is 1.19 bits per heavy atom. The summed E-state index contributed by atoms with van der Waals surface area (Å²) in [7, 11) is 1.52. The zero-order chi connectivity index (χ0) is 25.4. The van der Waals surface area contributed by atoms with Crippen molar-refractivity contribution in [3.05, 3.63) is 83.1 Å². The highest BCUT2D eigenvalue weighted by Crippen LogP contribution is 2.34. The zero-order valence-electron chi connectivity index (χ0n) is 19.7. The van der Waals surface area contributed by atoms with Crippen LogP contribution < -0.4 is 5.32 Å². The summed E-state index contributed by atoms with van der Waals surface area (Å²) in [5, 5.41) is 19.6. The molecule has 1 fully saturated rings. The molecule has 0 unspecified atom stereocenters. The Morgan fingerprint density at radius 3 is 2.67 bits per heavy atom. The first-order valence-electron chi connectivity index (χ1n) is 11.6. The van der Waals surface area contributed by atoms with Crippen LogP contribution in [-0.4, -0.2) is 52.4 Å². The zero-order valence-corrected chi connectivity index (χ0v) is 20.4. The van der Waals surface area contributed by atoms with Gasteiger partial charge >= 0.3 is 0 Å². The maximum absolute atomic E-state index is 13.6. The number of carbonyl (C=O) groups excluding carboxylic acids is 1. The molecule has 0 spiro atoms. The van der Waals surface area contributed by atoms with Gasteiger partial charge in [0.15, 0.2) is 6.29 Å². The second-order valence-corrected chi connectivity index (χ2v) is 9.17. The van der Waals surface area contributed by atoms with E-state index in [2.05, 4.69) is 5.32 Å². The molecule has 2 N–H and O–H groups in total. The molecule has 1 aromatic heterocycles. The third-order valence-electron chi connectivity index (χ3n) is 6.43. The molecular formula is C27H25ClFN3O4. The number of halogens is 2. The van der Waals surface area contributed by atoms with Crippen LogP contribution in [0, 0.1) is 5.82 Å². The molecule has 0 radical (unpaired) electrons. The molecule has 1 aliphatic heterocycles. The van der Waals surface area contributed by atoms with Crippen LogP contribution in [0.25, 0.3) is 27.8 Å². The van der Waals surface area contributed by atoms with Gasteiger partial charge in [-0.05, 0) is 55.5 Å². The topological polar surface area (TPSA) is 85.6 Å². The molecule has 186 valence electrons. The van der Waals surface area contributed by atoms with E-state index in [4.69, 9.17) is 26.2 Å². The van der Waals surface area contributed by atoms with Crippen LogP contribution in [0.3, 0.4) is 0 Å². The summed E-state index contributed by atoms with van der Waals surface area (Å²) >= 11 is 6.47. The molecule has 4 aromatic rings. The van der Waals surface area contributed by atoms with Gasteiger partial charge in [-0.2, -0.15) is 5.10 Å². The molecule has 1 aliphatic rings. The maximum Gasteiger partial charge on any atom is 0.251 e. The number of nitrogens with zero attached hydrogens (tertiary/aromatic N) is 2. The third kappa shape index (κ3) is 4.60. The van der Waals surface area contributed by atoms with Gasteiger partial charge < -0.3 is 19.9 Å². The molecule has 4 atom stereocenters. The Balaban J connectivity index is 1.56. The standard InChI is InChI=1S/C27H25ClFN3O4/c1-15-26(33)22(14-24(35-2)36-15)30-27(34)16-7-12-20-23(13-16)32(18-10-8-17(29)9-11-18)31-25(20)19-5-3-4-6-21(19)28/h3-13,15,22,24,26,33H,14H2,1-2H3,(H,30,34)/t15-,22-,24-,26+/m0/s1. The van der Waals surface area contributed by atoms with Crippen molar-refractivity contribution in [2.45, 2.75) is 37.9 Å². The smallest absolute Gasteiger partial charge is 0.251 e. The van der Waals surface area contributed by atoms with E-state index in [-0.39, 0.29) is 11.7 Å². The fourth-order valence-corrected chi connectivity index (χ4v) is 4.71. The molecule has 3 aromatic carbocycles. The minimum Gasteiger partial charge on any atom is -0.388 e. The van der Waals surface area contributed by atoms with Gasteiger partial charge in [-0.1, -0.05) is 29.8 Å². The van der Waals surface area contributed by atoms with Crippen LogP contribution >= 0.6 is 11.6 Å². The van der Waals surface area contributed by atoms with Crippen molar-refractivity contribution in [1.29, 1.82) is 0 Å². The van der Waals surface area contributed by atoms with Crippen molar-refractivity contribution in [3.63, 3.8) is 0 Å². The van der Waals surface area contributed by atoms with Crippen molar-refractivity contribution < 1.29 is 23.8 Å². The molecule has 5 rings (SSSR count). The van der Waals surface area contributed by atoms with Crippen LogP contribution in [0.2, 0.25) is 5.02 Å². The normalized spacial score (nSPS) is 22.0. The average Bonchev–Trinajstić information content (AvgIpc) is 3.26. The summed E-state index contributed by atoms with van der Waals surface area (Å²) < 4.78 is 26.1. The minimum atomic E-state index is -0.874. The molecule has 0 bridgehead atoms. The Morgan fingerprint density at radius 2 is 1.94 bits per heavy atom. The number of carbonyl (C=O) groups is 1. The first-order chi connectivity index (χ1) is 17.4. The lowest BCUT2D eigenvalue weighted by atomic mass is 9.99. The SMILES string of the molecule is CO[C@@H]1C[C@H](NC(=O)c2ccc3c(-c4ccccc4Cl)nn(-c4ccc(F)cc4)c3c2)[C@H](O)[C@H](C)O1. The van der Waals surface area contributed by atoms with Gasteiger partial charge in [-0.15, -0.1) is 0 Å². The van der Waals surface area contributed by atoms with E-state index < -0.39 is 24.5 Å². The number of nitrogens with one attached hydrogen (secondary N) is 1. The van der Waals surface area contributed by atoms with Gasteiger partial charge in [-0.25, -0.2) is 9.07 Å². The molecule has 2 heterocycles. The van der Waals surface area contributed by atoms with E-state index in [0.717, 1.165) is 10.9 Å². The first kappa shape index (κ1) is 24.4. The van der Waals surface area contributed by atoms with Crippen molar-refractivity contribution in [1.82, 2.24) is 15.1 Å². The van der Waals surface area contributed by atoms with Crippen LogP contribution in [0.4, 0.5) is 4.39 Å². The first-order valence-corrected chi connectivity index (χ1v) is 11.9. The largest absolute Gasteiger partial charge is 0.388 e. The van der Waals surface area contributed by atoms with Gasteiger partial charge in [0.25, 0.3) is 5.91 Å². The molecular weight excluding hydrogens is 485 g/mol. The number of methoxy groups -OCH3 is 1. The second-order valence-electron chi connectivity index (χ2n) is 8.76. The number of hydrogen-bond acceptors (Lipinski definition) is 5. The quantitative estimate of drug-likeness (QED) is 0.406. The molecule has 9 heteroatoms. The molecule has 0 aliphatic carbocycles. The molecule has 7 nitrogen and oxygen atoms in total. The summed E-state index contributed by atoms with van der Waals surface area (Å²) in [4.78, 5) is 13.2. The summed E-state index contributed by atoms with van der Waals surface area (Å²) in [6, 6.07) is 18.0. The van der Waals surface area contributed by atoms with Gasteiger partial charge in [0.1, 0.15) is 17.6 Å². The molecule has 1 saturated heterocycles. The summed E-state index contributed by atoms with van der Waals surface area (Å²) in [5.41, 5.74) is 3.06. The summed E-state index contributed by atoms with van der Waals surface area (Å²) in [6.45, 7) is 1.73. The second kappa shape index (κ2) is 9.99. The lowest BCUT2D eigenvalue weighted by molar-refractivity contribution is -0.213. The van der Waals surface area contributed by atoms with Crippen molar-refractivity contribution in [2.75, 3.05) is 7.11 Å². The van der Waals surface area contributed by atoms with E-state index in [0.29, 0.717) is 33.9 Å². The van der Waals surface area contributed by atoms with Gasteiger partial charge in [0.2, 0.25) is 0 Å². The van der Waals surface area contributed by atoms with Crippen molar-refractivity contribution in [3.8, 4) is 16.9 Å². The number of benzene rings is 3. The highest BCUT2D eigenvalue weighted by atomic mass is 35.5. The molecule has 0 saturated carbocycles. The van der Waals surface area contributed by atoms with E-state index in [1.165, 1.54) is 19.2 Å².